The van der Waals surface area contributed by atoms with Gasteiger partial charge in [-0.1, -0.05) is 0 Å². The third-order valence-electron chi connectivity index (χ3n) is 6.34. The molecule has 0 spiro atoms. The van der Waals surface area contributed by atoms with Gasteiger partial charge in [0.1, 0.15) is 6.26 Å². The van der Waals surface area contributed by atoms with E-state index in [0.717, 1.165) is 25.5 Å². The van der Waals surface area contributed by atoms with Gasteiger partial charge in [-0.25, -0.2) is 4.68 Å². The Morgan fingerprint density at radius 1 is 1.33 bits per heavy atom. The molecule has 148 valence electrons. The number of aromatic nitrogens is 2. The van der Waals surface area contributed by atoms with E-state index in [2.05, 4.69) is 10.4 Å². The van der Waals surface area contributed by atoms with Crippen LogP contribution in [0.2, 0.25) is 0 Å². The molecule has 1 aromatic rings. The van der Waals surface area contributed by atoms with E-state index in [4.69, 9.17) is 5.11 Å². The highest BCUT2D eigenvalue weighted by Crippen LogP contribution is 2.55. The van der Waals surface area contributed by atoms with Gasteiger partial charge in [0, 0.05) is 6.04 Å². The molecule has 0 radical (unpaired) electrons. The number of rotatable bonds is 3. The molecule has 4 aliphatic rings. The summed E-state index contributed by atoms with van der Waals surface area (Å²) in [5.74, 6) is -0.197. The molecule has 4 saturated carbocycles. The number of allylic oxidation sites excluding steroid dienone is 1. The zero-order chi connectivity index (χ0) is 19.6. The van der Waals surface area contributed by atoms with Crippen molar-refractivity contribution in [3.63, 3.8) is 0 Å². The van der Waals surface area contributed by atoms with E-state index < -0.39 is 28.9 Å². The first-order valence-electron chi connectivity index (χ1n) is 9.11. The first-order chi connectivity index (χ1) is 12.6. The van der Waals surface area contributed by atoms with Crippen LogP contribution >= 0.6 is 0 Å². The van der Waals surface area contributed by atoms with Crippen LogP contribution in [-0.4, -0.2) is 37.5 Å². The number of aliphatic hydroxyl groups excluding tert-OH is 1. The summed E-state index contributed by atoms with van der Waals surface area (Å²) in [6, 6.07) is -0.228. The molecule has 2 atom stereocenters. The number of aliphatic hydroxyl groups is 2. The van der Waals surface area contributed by atoms with Crippen molar-refractivity contribution < 1.29 is 28.2 Å². The molecule has 0 aromatic carbocycles. The van der Waals surface area contributed by atoms with Gasteiger partial charge in [0.05, 0.1) is 23.1 Å². The molecule has 0 saturated heterocycles. The van der Waals surface area contributed by atoms with Gasteiger partial charge < -0.3 is 15.5 Å². The second-order valence-corrected chi connectivity index (χ2v) is 8.28. The first-order valence-corrected chi connectivity index (χ1v) is 9.11. The Hall–Kier alpha value is -2.03. The summed E-state index contributed by atoms with van der Waals surface area (Å²) in [5.41, 5.74) is -2.58. The van der Waals surface area contributed by atoms with Gasteiger partial charge in [0.2, 0.25) is 0 Å². The summed E-state index contributed by atoms with van der Waals surface area (Å²) in [4.78, 5) is 12.7. The molecule has 4 fully saturated rings. The Bertz CT molecular complexity index is 786. The Labute approximate surface area is 154 Å². The molecule has 4 aliphatic carbocycles. The molecule has 1 heterocycles. The number of carbonyl (C=O) groups is 1. The van der Waals surface area contributed by atoms with Crippen LogP contribution in [0.1, 0.15) is 55.1 Å². The van der Waals surface area contributed by atoms with Crippen LogP contribution in [0.3, 0.4) is 0 Å². The van der Waals surface area contributed by atoms with Crippen molar-refractivity contribution in [3.8, 4) is 0 Å². The number of amides is 1. The van der Waals surface area contributed by atoms with Gasteiger partial charge in [-0.3, -0.25) is 4.79 Å². The van der Waals surface area contributed by atoms with Crippen LogP contribution in [0.5, 0.6) is 0 Å². The van der Waals surface area contributed by atoms with Crippen molar-refractivity contribution in [2.24, 2.45) is 17.8 Å². The summed E-state index contributed by atoms with van der Waals surface area (Å²) < 4.78 is 41.1. The maximum absolute atomic E-state index is 13.5. The molecule has 4 bridgehead atoms. The van der Waals surface area contributed by atoms with E-state index in [1.54, 1.807) is 0 Å². The first kappa shape index (κ1) is 18.3. The topological polar surface area (TPSA) is 87.4 Å². The van der Waals surface area contributed by atoms with Gasteiger partial charge >= 0.3 is 6.18 Å². The van der Waals surface area contributed by atoms with E-state index in [9.17, 15) is 23.1 Å². The molecular formula is C18H22F3N3O3. The maximum Gasteiger partial charge on any atom is 0.434 e. The minimum Gasteiger partial charge on any atom is -0.514 e. The SMILES string of the molecule is C/C(=C\O)n1ncc(C(=O)NC2C3CC4CC2CC(O)(C4)C3)c1C(F)(F)F. The number of hydrogen-bond donors (Lipinski definition) is 3. The third-order valence-corrected chi connectivity index (χ3v) is 6.34. The second kappa shape index (κ2) is 5.98. The molecule has 0 aliphatic heterocycles. The van der Waals surface area contributed by atoms with Gasteiger partial charge in [0.15, 0.2) is 5.69 Å². The van der Waals surface area contributed by atoms with Gasteiger partial charge in [-0.15, -0.1) is 0 Å². The molecule has 3 N–H and O–H groups in total. The molecular weight excluding hydrogens is 363 g/mol. The largest absolute Gasteiger partial charge is 0.514 e. The van der Waals surface area contributed by atoms with E-state index in [1.165, 1.54) is 6.92 Å². The van der Waals surface area contributed by atoms with Crippen LogP contribution in [0.25, 0.3) is 5.70 Å². The highest BCUT2D eigenvalue weighted by Gasteiger charge is 2.55. The maximum atomic E-state index is 13.5. The Balaban J connectivity index is 1.60. The molecule has 5 rings (SSSR count). The Morgan fingerprint density at radius 2 is 1.96 bits per heavy atom. The molecule has 27 heavy (non-hydrogen) atoms. The summed E-state index contributed by atoms with van der Waals surface area (Å²) >= 11 is 0. The summed E-state index contributed by atoms with van der Waals surface area (Å²) in [7, 11) is 0. The standard InChI is InChI=1S/C18H22F3N3O3/c1-9(8-25)24-15(18(19,20)21)13(7-22-24)16(26)23-14-11-2-10-3-12(14)6-17(27,4-10)5-11/h7-8,10-12,14,25,27H,2-6H2,1H3,(H,23,26)/b9-8+. The van der Waals surface area contributed by atoms with Crippen molar-refractivity contribution in [1.82, 2.24) is 15.1 Å². The fraction of sp³-hybridized carbons (Fsp3) is 0.667. The van der Waals surface area contributed by atoms with E-state index in [0.29, 0.717) is 29.7 Å². The molecule has 2 unspecified atom stereocenters. The Morgan fingerprint density at radius 3 is 2.48 bits per heavy atom. The number of nitrogens with one attached hydrogen (secondary N) is 1. The lowest BCUT2D eigenvalue weighted by Crippen LogP contribution is -2.61. The Kier molecular flexibility index (Phi) is 4.06. The normalized spacial score (nSPS) is 35.5. The number of alkyl halides is 3. The molecule has 1 amide bonds. The second-order valence-electron chi connectivity index (χ2n) is 8.28. The quantitative estimate of drug-likeness (QED) is 0.698. The molecule has 9 heteroatoms. The fourth-order valence-electron chi connectivity index (χ4n) is 5.56. The van der Waals surface area contributed by atoms with Crippen molar-refractivity contribution >= 4 is 11.6 Å². The average Bonchev–Trinajstić information content (AvgIpc) is 3.01. The van der Waals surface area contributed by atoms with E-state index >= 15 is 0 Å². The zero-order valence-corrected chi connectivity index (χ0v) is 14.8. The molecule has 1 aromatic heterocycles. The fourth-order valence-corrected chi connectivity index (χ4v) is 5.56. The average molecular weight is 385 g/mol. The van der Waals surface area contributed by atoms with Crippen molar-refractivity contribution in [1.29, 1.82) is 0 Å². The van der Waals surface area contributed by atoms with Crippen LogP contribution in [0, 0.1) is 17.8 Å². The summed E-state index contributed by atoms with van der Waals surface area (Å²) in [6.45, 7) is 1.27. The third kappa shape index (κ3) is 3.01. The van der Waals surface area contributed by atoms with Crippen molar-refractivity contribution in [2.45, 2.75) is 56.8 Å². The van der Waals surface area contributed by atoms with Crippen LogP contribution in [0.4, 0.5) is 13.2 Å². The van der Waals surface area contributed by atoms with Crippen LogP contribution < -0.4 is 5.32 Å². The van der Waals surface area contributed by atoms with Crippen LogP contribution in [0.15, 0.2) is 12.5 Å². The number of carbonyl (C=O) groups excluding carboxylic acids is 1. The number of nitrogens with zero attached hydrogens (tertiary/aromatic N) is 2. The number of halogens is 3. The highest BCUT2D eigenvalue weighted by atomic mass is 19.4. The monoisotopic (exact) mass is 385 g/mol. The predicted molar refractivity (Wildman–Crippen MR) is 89.6 cm³/mol. The van der Waals surface area contributed by atoms with E-state index in [1.807, 2.05) is 0 Å². The molecule has 6 nitrogen and oxygen atoms in total. The number of hydrogen-bond acceptors (Lipinski definition) is 4. The summed E-state index contributed by atoms with van der Waals surface area (Å²) in [5, 5.41) is 26.1. The van der Waals surface area contributed by atoms with Gasteiger partial charge in [-0.05, 0) is 56.8 Å². The lowest BCUT2D eigenvalue weighted by molar-refractivity contribution is -0.143. The lowest BCUT2D eigenvalue weighted by atomic mass is 9.52. The van der Waals surface area contributed by atoms with Crippen LogP contribution in [-0.2, 0) is 6.18 Å². The highest BCUT2D eigenvalue weighted by molar-refractivity contribution is 5.95. The lowest BCUT2D eigenvalue weighted by Gasteiger charge is -2.58. The van der Waals surface area contributed by atoms with E-state index in [-0.39, 0.29) is 23.6 Å². The van der Waals surface area contributed by atoms with Gasteiger partial charge in [0.25, 0.3) is 5.91 Å². The summed E-state index contributed by atoms with van der Waals surface area (Å²) in [6.07, 6.45) is 0.344. The minimum atomic E-state index is -4.80. The van der Waals surface area contributed by atoms with Crippen molar-refractivity contribution in [3.05, 3.63) is 23.7 Å². The predicted octanol–water partition coefficient (Wildman–Crippen LogP) is 2.95. The zero-order valence-electron chi connectivity index (χ0n) is 14.8. The smallest absolute Gasteiger partial charge is 0.434 e. The van der Waals surface area contributed by atoms with Crippen molar-refractivity contribution in [2.75, 3.05) is 0 Å². The minimum absolute atomic E-state index is 0.0913. The van der Waals surface area contributed by atoms with Gasteiger partial charge in [-0.2, -0.15) is 18.3 Å².